The van der Waals surface area contributed by atoms with Crippen molar-refractivity contribution in [3.05, 3.63) is 0 Å². The lowest BCUT2D eigenvalue weighted by atomic mass is 9.89. The predicted molar refractivity (Wildman–Crippen MR) is 85.1 cm³/mol. The second kappa shape index (κ2) is 10.9. The van der Waals surface area contributed by atoms with Crippen LogP contribution in [-0.4, -0.2) is 0 Å². The molecule has 0 saturated heterocycles. The van der Waals surface area contributed by atoms with Crippen molar-refractivity contribution in [3.63, 3.8) is 0 Å². The normalized spacial score (nSPS) is 12.3. The first-order valence-corrected chi connectivity index (χ1v) is 8.42. The fourth-order valence-electron chi connectivity index (χ4n) is 2.45. The summed E-state index contributed by atoms with van der Waals surface area (Å²) in [5.74, 6) is 0.896. The predicted octanol–water partition coefficient (Wildman–Crippen LogP) is 6.98. The number of unbranched alkanes of at least 4 members (excludes halogenated alkanes) is 8. The molecule has 0 aromatic carbocycles. The van der Waals surface area contributed by atoms with Gasteiger partial charge < -0.3 is 0 Å². The van der Waals surface area contributed by atoms with Crippen LogP contribution >= 0.6 is 0 Å². The molecule has 0 radical (unpaired) electrons. The molecule has 0 rings (SSSR count). The van der Waals surface area contributed by atoms with Crippen molar-refractivity contribution in [3.8, 4) is 0 Å². The molecule has 0 nitrogen and oxygen atoms in total. The molecule has 0 fully saturated rings. The molecule has 0 aromatic rings. The van der Waals surface area contributed by atoms with Crippen molar-refractivity contribution in [2.75, 3.05) is 0 Å². The van der Waals surface area contributed by atoms with Gasteiger partial charge in [-0.15, -0.1) is 0 Å². The molecule has 0 heterocycles. The zero-order valence-corrected chi connectivity index (χ0v) is 13.9. The van der Waals surface area contributed by atoms with Gasteiger partial charge in [-0.2, -0.15) is 0 Å². The van der Waals surface area contributed by atoms with Crippen LogP contribution in [0.2, 0.25) is 0 Å². The molecule has 0 atom stereocenters. The van der Waals surface area contributed by atoms with Crippen molar-refractivity contribution < 1.29 is 0 Å². The lowest BCUT2D eigenvalue weighted by Gasteiger charge is -2.17. The van der Waals surface area contributed by atoms with Crippen LogP contribution in [-0.2, 0) is 0 Å². The van der Waals surface area contributed by atoms with Crippen LogP contribution in [0, 0.1) is 11.3 Å². The summed E-state index contributed by atoms with van der Waals surface area (Å²) in [6.07, 6.45) is 15.9. The van der Waals surface area contributed by atoms with Crippen molar-refractivity contribution >= 4 is 0 Å². The second-order valence-corrected chi connectivity index (χ2v) is 7.68. The summed E-state index contributed by atoms with van der Waals surface area (Å²) in [6, 6.07) is 0. The van der Waals surface area contributed by atoms with Gasteiger partial charge >= 0.3 is 0 Å². The summed E-state index contributed by atoms with van der Waals surface area (Å²) < 4.78 is 0. The highest BCUT2D eigenvalue weighted by Crippen LogP contribution is 2.22. The molecular formula is C18H38. The van der Waals surface area contributed by atoms with Gasteiger partial charge in [0, 0.05) is 0 Å². The Bertz CT molecular complexity index is 161. The maximum atomic E-state index is 2.35. The molecular weight excluding hydrogens is 216 g/mol. The van der Waals surface area contributed by atoms with E-state index in [1.54, 1.807) is 0 Å². The molecule has 18 heavy (non-hydrogen) atoms. The minimum atomic E-state index is 0.538. The zero-order valence-electron chi connectivity index (χ0n) is 13.9. The van der Waals surface area contributed by atoms with Gasteiger partial charge in [-0.3, -0.25) is 0 Å². The molecule has 0 bridgehead atoms. The Labute approximate surface area is 117 Å². The van der Waals surface area contributed by atoms with Gasteiger partial charge in [-0.25, -0.2) is 0 Å². The van der Waals surface area contributed by atoms with E-state index < -0.39 is 0 Å². The van der Waals surface area contributed by atoms with Crippen LogP contribution in [0.5, 0.6) is 0 Å². The van der Waals surface area contributed by atoms with Crippen molar-refractivity contribution in [1.29, 1.82) is 0 Å². The highest BCUT2D eigenvalue weighted by atomic mass is 14.1. The van der Waals surface area contributed by atoms with Gasteiger partial charge in [0.25, 0.3) is 0 Å². The van der Waals surface area contributed by atoms with E-state index in [1.807, 2.05) is 0 Å². The van der Waals surface area contributed by atoms with Gasteiger partial charge in [0.1, 0.15) is 0 Å². The molecule has 0 unspecified atom stereocenters. The largest absolute Gasteiger partial charge is 0.0628 e. The van der Waals surface area contributed by atoms with Crippen LogP contribution in [0.4, 0.5) is 0 Å². The van der Waals surface area contributed by atoms with Gasteiger partial charge in [-0.05, 0) is 17.8 Å². The first kappa shape index (κ1) is 18.0. The highest BCUT2D eigenvalue weighted by molar-refractivity contribution is 4.61. The van der Waals surface area contributed by atoms with Crippen molar-refractivity contribution in [2.45, 2.75) is 105 Å². The first-order chi connectivity index (χ1) is 8.42. The van der Waals surface area contributed by atoms with E-state index in [-0.39, 0.29) is 0 Å². The smallest absolute Gasteiger partial charge is 0.0383 e. The summed E-state index contributed by atoms with van der Waals surface area (Å²) in [5, 5.41) is 0. The molecule has 0 spiro atoms. The number of rotatable bonds is 11. The fourth-order valence-corrected chi connectivity index (χ4v) is 2.45. The van der Waals surface area contributed by atoms with E-state index in [2.05, 4.69) is 34.6 Å². The molecule has 0 heteroatoms. The number of hydrogen-bond acceptors (Lipinski definition) is 0. The summed E-state index contributed by atoms with van der Waals surface area (Å²) in [5.41, 5.74) is 0.538. The monoisotopic (exact) mass is 254 g/mol. The Morgan fingerprint density at radius 3 is 1.39 bits per heavy atom. The maximum absolute atomic E-state index is 2.35. The van der Waals surface area contributed by atoms with E-state index in [0.29, 0.717) is 5.41 Å². The average molecular weight is 255 g/mol. The van der Waals surface area contributed by atoms with E-state index in [9.17, 15) is 0 Å². The van der Waals surface area contributed by atoms with Crippen LogP contribution in [0.1, 0.15) is 105 Å². The van der Waals surface area contributed by atoms with Gasteiger partial charge in [0.2, 0.25) is 0 Å². The zero-order chi connectivity index (χ0) is 13.9. The first-order valence-electron chi connectivity index (χ1n) is 8.42. The summed E-state index contributed by atoms with van der Waals surface area (Å²) in [4.78, 5) is 0. The molecule has 110 valence electrons. The SMILES string of the molecule is CC(C)CCCCCCCCCCCC(C)(C)C. The molecule has 0 aromatic heterocycles. The lowest BCUT2D eigenvalue weighted by molar-refractivity contribution is 0.356. The van der Waals surface area contributed by atoms with E-state index in [1.165, 1.54) is 70.6 Å². The summed E-state index contributed by atoms with van der Waals surface area (Å²) in [6.45, 7) is 11.7. The Hall–Kier alpha value is 0. The standard InChI is InChI=1S/C18H38/c1-17(2)15-13-11-9-7-6-8-10-12-14-16-18(3,4)5/h17H,6-16H2,1-5H3. The quantitative estimate of drug-likeness (QED) is 0.349. The third-order valence-electron chi connectivity index (χ3n) is 3.71. The van der Waals surface area contributed by atoms with Crippen molar-refractivity contribution in [2.24, 2.45) is 11.3 Å². The Morgan fingerprint density at radius 2 is 1.00 bits per heavy atom. The fraction of sp³-hybridized carbons (Fsp3) is 1.00. The van der Waals surface area contributed by atoms with Gasteiger partial charge in [-0.1, -0.05) is 98.8 Å². The van der Waals surface area contributed by atoms with E-state index in [4.69, 9.17) is 0 Å². The van der Waals surface area contributed by atoms with Crippen LogP contribution in [0.15, 0.2) is 0 Å². The lowest BCUT2D eigenvalue weighted by Crippen LogP contribution is -2.03. The van der Waals surface area contributed by atoms with Crippen LogP contribution < -0.4 is 0 Å². The summed E-state index contributed by atoms with van der Waals surface area (Å²) in [7, 11) is 0. The van der Waals surface area contributed by atoms with Crippen molar-refractivity contribution in [1.82, 2.24) is 0 Å². The minimum Gasteiger partial charge on any atom is -0.0628 e. The molecule has 0 aliphatic heterocycles. The van der Waals surface area contributed by atoms with E-state index in [0.717, 1.165) is 5.92 Å². The Morgan fingerprint density at radius 1 is 0.611 bits per heavy atom. The third-order valence-corrected chi connectivity index (χ3v) is 3.71. The van der Waals surface area contributed by atoms with E-state index >= 15 is 0 Å². The molecule has 0 amide bonds. The van der Waals surface area contributed by atoms with Crippen LogP contribution in [0.25, 0.3) is 0 Å². The van der Waals surface area contributed by atoms with Gasteiger partial charge in [0.05, 0.1) is 0 Å². The third kappa shape index (κ3) is 16.0. The number of hydrogen-bond donors (Lipinski definition) is 0. The van der Waals surface area contributed by atoms with Gasteiger partial charge in [0.15, 0.2) is 0 Å². The molecule has 0 saturated carbocycles. The molecule has 0 N–H and O–H groups in total. The average Bonchev–Trinajstić information content (AvgIpc) is 2.24. The van der Waals surface area contributed by atoms with Crippen LogP contribution in [0.3, 0.4) is 0 Å². The Kier molecular flexibility index (Phi) is 10.9. The second-order valence-electron chi connectivity index (χ2n) is 7.68. The maximum Gasteiger partial charge on any atom is -0.0383 e. The minimum absolute atomic E-state index is 0.538. The topological polar surface area (TPSA) is 0 Å². The molecule has 0 aliphatic rings. The highest BCUT2D eigenvalue weighted by Gasteiger charge is 2.08. The summed E-state index contributed by atoms with van der Waals surface area (Å²) >= 11 is 0. The molecule has 0 aliphatic carbocycles. The Balaban J connectivity index is 3.04.